The third-order valence-electron chi connectivity index (χ3n) is 2.26. The van der Waals surface area contributed by atoms with E-state index in [2.05, 4.69) is 15.9 Å². The molecule has 0 radical (unpaired) electrons. The second-order valence-corrected chi connectivity index (χ2v) is 4.10. The highest BCUT2D eigenvalue weighted by atomic mass is 79.9. The van der Waals surface area contributed by atoms with Gasteiger partial charge in [-0.2, -0.15) is 0 Å². The molecule has 0 aromatic heterocycles. The Balaban J connectivity index is 2.54. The van der Waals surface area contributed by atoms with E-state index < -0.39 is 6.10 Å². The zero-order valence-corrected chi connectivity index (χ0v) is 9.37. The van der Waals surface area contributed by atoms with Crippen LogP contribution in [-0.4, -0.2) is 18.8 Å². The molecule has 76 valence electrons. The molecule has 0 unspecified atom stereocenters. The van der Waals surface area contributed by atoms with Crippen LogP contribution in [0.2, 0.25) is 0 Å². The van der Waals surface area contributed by atoms with Gasteiger partial charge < -0.3 is 14.6 Å². The molecule has 3 nitrogen and oxygen atoms in total. The van der Waals surface area contributed by atoms with Crippen molar-refractivity contribution in [3.63, 3.8) is 0 Å². The summed E-state index contributed by atoms with van der Waals surface area (Å²) in [6, 6.07) is 3.69. The molecule has 14 heavy (non-hydrogen) atoms. The van der Waals surface area contributed by atoms with E-state index >= 15 is 0 Å². The minimum Gasteiger partial charge on any atom is -0.493 e. The average molecular weight is 259 g/mol. The van der Waals surface area contributed by atoms with E-state index in [0.29, 0.717) is 24.5 Å². The summed E-state index contributed by atoms with van der Waals surface area (Å²) in [5.74, 6) is 1.32. The third kappa shape index (κ3) is 1.60. The van der Waals surface area contributed by atoms with Crippen LogP contribution < -0.4 is 9.47 Å². The SMILES string of the molecule is COc1cc(Br)cc2c1OCC[C@H]2O. The smallest absolute Gasteiger partial charge is 0.167 e. The molecular formula is C10H11BrO3. The lowest BCUT2D eigenvalue weighted by molar-refractivity contribution is 0.112. The minimum atomic E-state index is -0.454. The summed E-state index contributed by atoms with van der Waals surface area (Å²) in [4.78, 5) is 0. The van der Waals surface area contributed by atoms with Gasteiger partial charge in [-0.25, -0.2) is 0 Å². The molecule has 1 atom stereocenters. The molecule has 0 fully saturated rings. The molecule has 1 aromatic carbocycles. The Morgan fingerprint density at radius 3 is 3.07 bits per heavy atom. The van der Waals surface area contributed by atoms with E-state index in [1.807, 2.05) is 12.1 Å². The maximum atomic E-state index is 9.75. The average Bonchev–Trinajstić information content (AvgIpc) is 2.18. The number of hydrogen-bond donors (Lipinski definition) is 1. The van der Waals surface area contributed by atoms with Gasteiger partial charge in [0.15, 0.2) is 11.5 Å². The van der Waals surface area contributed by atoms with Gasteiger partial charge in [0, 0.05) is 16.5 Å². The van der Waals surface area contributed by atoms with Crippen LogP contribution in [0.3, 0.4) is 0 Å². The van der Waals surface area contributed by atoms with Crippen LogP contribution in [0, 0.1) is 0 Å². The summed E-state index contributed by atoms with van der Waals surface area (Å²) in [7, 11) is 1.59. The lowest BCUT2D eigenvalue weighted by Crippen LogP contribution is -2.14. The predicted molar refractivity (Wildman–Crippen MR) is 55.8 cm³/mol. The van der Waals surface area contributed by atoms with Crippen LogP contribution in [-0.2, 0) is 0 Å². The third-order valence-corrected chi connectivity index (χ3v) is 2.72. The van der Waals surface area contributed by atoms with Crippen molar-refractivity contribution >= 4 is 15.9 Å². The number of hydrogen-bond acceptors (Lipinski definition) is 3. The number of methoxy groups -OCH3 is 1. The van der Waals surface area contributed by atoms with Gasteiger partial charge >= 0.3 is 0 Å². The van der Waals surface area contributed by atoms with Gasteiger partial charge in [0.1, 0.15) is 0 Å². The van der Waals surface area contributed by atoms with Crippen molar-refractivity contribution in [2.24, 2.45) is 0 Å². The first-order chi connectivity index (χ1) is 6.72. The molecule has 0 saturated heterocycles. The molecule has 0 bridgehead atoms. The molecule has 0 spiro atoms. The van der Waals surface area contributed by atoms with Crippen LogP contribution in [0.5, 0.6) is 11.5 Å². The fourth-order valence-electron chi connectivity index (χ4n) is 1.57. The van der Waals surface area contributed by atoms with Crippen molar-refractivity contribution < 1.29 is 14.6 Å². The Kier molecular flexibility index (Phi) is 2.65. The quantitative estimate of drug-likeness (QED) is 0.840. The van der Waals surface area contributed by atoms with Crippen molar-refractivity contribution in [1.82, 2.24) is 0 Å². The van der Waals surface area contributed by atoms with Crippen LogP contribution >= 0.6 is 15.9 Å². The Morgan fingerprint density at radius 2 is 2.36 bits per heavy atom. The van der Waals surface area contributed by atoms with Gasteiger partial charge in [-0.3, -0.25) is 0 Å². The van der Waals surface area contributed by atoms with Gasteiger partial charge in [-0.15, -0.1) is 0 Å². The molecule has 0 saturated carbocycles. The number of benzene rings is 1. The van der Waals surface area contributed by atoms with Crippen molar-refractivity contribution in [2.75, 3.05) is 13.7 Å². The largest absolute Gasteiger partial charge is 0.493 e. The second-order valence-electron chi connectivity index (χ2n) is 3.18. The molecule has 0 aliphatic carbocycles. The number of aliphatic hydroxyl groups excluding tert-OH is 1. The molecule has 4 heteroatoms. The number of rotatable bonds is 1. The van der Waals surface area contributed by atoms with E-state index in [0.717, 1.165) is 10.0 Å². The van der Waals surface area contributed by atoms with Crippen LogP contribution in [0.15, 0.2) is 16.6 Å². The van der Waals surface area contributed by atoms with Crippen molar-refractivity contribution in [3.05, 3.63) is 22.2 Å². The highest BCUT2D eigenvalue weighted by Gasteiger charge is 2.23. The Labute approximate surface area is 90.8 Å². The predicted octanol–water partition coefficient (Wildman–Crippen LogP) is 2.27. The summed E-state index contributed by atoms with van der Waals surface area (Å²) in [6.45, 7) is 0.534. The Hall–Kier alpha value is -0.740. The maximum absolute atomic E-state index is 9.75. The van der Waals surface area contributed by atoms with E-state index in [4.69, 9.17) is 9.47 Å². The second kappa shape index (κ2) is 3.79. The fraction of sp³-hybridized carbons (Fsp3) is 0.400. The lowest BCUT2D eigenvalue weighted by atomic mass is 10.0. The first kappa shape index (κ1) is 9.80. The molecule has 1 aromatic rings. The number of halogens is 1. The zero-order chi connectivity index (χ0) is 10.1. The van der Waals surface area contributed by atoms with Crippen LogP contribution in [0.1, 0.15) is 18.1 Å². The van der Waals surface area contributed by atoms with Crippen molar-refractivity contribution in [1.29, 1.82) is 0 Å². The van der Waals surface area contributed by atoms with Gasteiger partial charge in [0.25, 0.3) is 0 Å². The van der Waals surface area contributed by atoms with Crippen molar-refractivity contribution in [3.8, 4) is 11.5 Å². The van der Waals surface area contributed by atoms with Crippen molar-refractivity contribution in [2.45, 2.75) is 12.5 Å². The molecule has 1 heterocycles. The highest BCUT2D eigenvalue weighted by Crippen LogP contribution is 2.41. The van der Waals surface area contributed by atoms with Gasteiger partial charge in [-0.1, -0.05) is 15.9 Å². The first-order valence-electron chi connectivity index (χ1n) is 4.40. The molecular weight excluding hydrogens is 248 g/mol. The Morgan fingerprint density at radius 1 is 1.57 bits per heavy atom. The molecule has 1 aliphatic rings. The number of fused-ring (bicyclic) bond motifs is 1. The number of aliphatic hydroxyl groups is 1. The molecule has 1 aliphatic heterocycles. The van der Waals surface area contributed by atoms with Crippen LogP contribution in [0.4, 0.5) is 0 Å². The molecule has 0 amide bonds. The normalized spacial score (nSPS) is 19.8. The van der Waals surface area contributed by atoms with Crippen LogP contribution in [0.25, 0.3) is 0 Å². The van der Waals surface area contributed by atoms with E-state index in [-0.39, 0.29) is 0 Å². The topological polar surface area (TPSA) is 38.7 Å². The van der Waals surface area contributed by atoms with E-state index in [1.165, 1.54) is 0 Å². The van der Waals surface area contributed by atoms with Gasteiger partial charge in [-0.05, 0) is 12.1 Å². The summed E-state index contributed by atoms with van der Waals surface area (Å²) in [5.41, 5.74) is 0.794. The highest BCUT2D eigenvalue weighted by molar-refractivity contribution is 9.10. The zero-order valence-electron chi connectivity index (χ0n) is 7.79. The Bertz CT molecular complexity index is 351. The minimum absolute atomic E-state index is 0.454. The summed E-state index contributed by atoms with van der Waals surface area (Å²) < 4.78 is 11.5. The summed E-state index contributed by atoms with van der Waals surface area (Å²) in [5, 5.41) is 9.75. The lowest BCUT2D eigenvalue weighted by Gasteiger charge is -2.24. The van der Waals surface area contributed by atoms with Gasteiger partial charge in [0.2, 0.25) is 0 Å². The molecule has 1 N–H and O–H groups in total. The first-order valence-corrected chi connectivity index (χ1v) is 5.20. The summed E-state index contributed by atoms with van der Waals surface area (Å²) >= 11 is 3.36. The number of ether oxygens (including phenoxy) is 2. The monoisotopic (exact) mass is 258 g/mol. The van der Waals surface area contributed by atoms with Gasteiger partial charge in [0.05, 0.1) is 19.8 Å². The molecule has 2 rings (SSSR count). The summed E-state index contributed by atoms with van der Waals surface area (Å²) in [6.07, 6.45) is 0.178. The fourth-order valence-corrected chi connectivity index (χ4v) is 2.03. The maximum Gasteiger partial charge on any atom is 0.167 e. The standard InChI is InChI=1S/C10H11BrO3/c1-13-9-5-6(11)4-7-8(12)2-3-14-10(7)9/h4-5,8,12H,2-3H2,1H3/t8-/m1/s1. The van der Waals surface area contributed by atoms with E-state index in [1.54, 1.807) is 7.11 Å². The van der Waals surface area contributed by atoms with E-state index in [9.17, 15) is 5.11 Å².